The van der Waals surface area contributed by atoms with Crippen LogP contribution in [0.15, 0.2) is 6.07 Å². The van der Waals surface area contributed by atoms with E-state index in [9.17, 15) is 0 Å². The number of aryl methyl sites for hydroxylation is 1. The summed E-state index contributed by atoms with van der Waals surface area (Å²) in [6.45, 7) is 3.68. The van der Waals surface area contributed by atoms with Gasteiger partial charge in [0, 0.05) is 25.1 Å². The Morgan fingerprint density at radius 2 is 2.28 bits per heavy atom. The maximum Gasteiger partial charge on any atom is 0.225 e. The Bertz CT molecular complexity index is 529. The summed E-state index contributed by atoms with van der Waals surface area (Å²) in [5, 5.41) is 4.64. The second kappa shape index (κ2) is 6.31. The van der Waals surface area contributed by atoms with Crippen molar-refractivity contribution in [2.24, 2.45) is 0 Å². The Morgan fingerprint density at radius 3 is 3.00 bits per heavy atom. The molecule has 0 radical (unpaired) electrons. The molecule has 98 valence electrons. The van der Waals surface area contributed by atoms with Crippen LogP contribution in [0.3, 0.4) is 0 Å². The zero-order valence-corrected chi connectivity index (χ0v) is 12.1. The highest BCUT2D eigenvalue weighted by Gasteiger charge is 2.09. The number of hydrogen-bond acceptors (Lipinski definition) is 5. The van der Waals surface area contributed by atoms with Crippen LogP contribution in [0.5, 0.6) is 0 Å². The highest BCUT2D eigenvalue weighted by molar-refractivity contribution is 7.18. The Hall–Kier alpha value is -0.910. The number of hydrogen-bond donors (Lipinski definition) is 1. The van der Waals surface area contributed by atoms with Crippen molar-refractivity contribution in [1.29, 1.82) is 0 Å². The van der Waals surface area contributed by atoms with Gasteiger partial charge in [-0.1, -0.05) is 6.92 Å². The molecule has 0 aliphatic rings. The maximum absolute atomic E-state index is 5.94. The van der Waals surface area contributed by atoms with E-state index in [0.717, 1.165) is 42.0 Å². The third-order valence-electron chi connectivity index (χ3n) is 2.58. The number of ether oxygens (including phenoxy) is 1. The van der Waals surface area contributed by atoms with Crippen molar-refractivity contribution in [1.82, 2.24) is 9.97 Å². The van der Waals surface area contributed by atoms with Crippen molar-refractivity contribution in [3.63, 3.8) is 0 Å². The number of nitrogens with zero attached hydrogens (tertiary/aromatic N) is 2. The number of rotatable bonds is 6. The van der Waals surface area contributed by atoms with Gasteiger partial charge in [0.15, 0.2) is 0 Å². The zero-order chi connectivity index (χ0) is 13.0. The van der Waals surface area contributed by atoms with Crippen LogP contribution in [0.2, 0.25) is 5.28 Å². The highest BCUT2D eigenvalue weighted by atomic mass is 35.5. The first kappa shape index (κ1) is 13.5. The molecule has 0 unspecified atom stereocenters. The first-order chi connectivity index (χ1) is 8.74. The minimum atomic E-state index is 0.293. The van der Waals surface area contributed by atoms with Gasteiger partial charge in [-0.25, -0.2) is 9.97 Å². The summed E-state index contributed by atoms with van der Waals surface area (Å²) >= 11 is 7.61. The minimum absolute atomic E-state index is 0.293. The Labute approximate surface area is 115 Å². The molecule has 0 spiro atoms. The number of aromatic nitrogens is 2. The number of nitrogens with one attached hydrogen (secondary N) is 1. The van der Waals surface area contributed by atoms with Gasteiger partial charge in [0.25, 0.3) is 0 Å². The van der Waals surface area contributed by atoms with Crippen molar-refractivity contribution in [3.8, 4) is 0 Å². The molecule has 2 aromatic rings. The van der Waals surface area contributed by atoms with Crippen LogP contribution in [-0.2, 0) is 11.2 Å². The van der Waals surface area contributed by atoms with E-state index >= 15 is 0 Å². The van der Waals surface area contributed by atoms with Gasteiger partial charge in [-0.15, -0.1) is 11.3 Å². The molecule has 0 aromatic carbocycles. The number of halogens is 1. The third kappa shape index (κ3) is 3.10. The second-order valence-electron chi connectivity index (χ2n) is 3.90. The van der Waals surface area contributed by atoms with Crippen molar-refractivity contribution in [2.75, 3.05) is 25.6 Å². The number of anilines is 1. The van der Waals surface area contributed by atoms with E-state index in [-0.39, 0.29) is 0 Å². The summed E-state index contributed by atoms with van der Waals surface area (Å²) in [4.78, 5) is 10.8. The summed E-state index contributed by atoms with van der Waals surface area (Å²) in [5.74, 6) is 0.817. The first-order valence-electron chi connectivity index (χ1n) is 5.93. The molecule has 2 aromatic heterocycles. The predicted octanol–water partition coefficient (Wildman–Crippen LogP) is 3.36. The lowest BCUT2D eigenvalue weighted by atomic mass is 10.3. The van der Waals surface area contributed by atoms with Crippen LogP contribution in [0.25, 0.3) is 10.2 Å². The van der Waals surface area contributed by atoms with Gasteiger partial charge >= 0.3 is 0 Å². The SMILES string of the molecule is CCc1cc2c(NCCCOC)nc(Cl)nc2s1. The molecule has 1 N–H and O–H groups in total. The Balaban J connectivity index is 2.21. The molecule has 18 heavy (non-hydrogen) atoms. The quantitative estimate of drug-likeness (QED) is 0.653. The monoisotopic (exact) mass is 285 g/mol. The standard InChI is InChI=1S/C12H16ClN3OS/c1-3-8-7-9-10(14-5-4-6-17-2)15-12(13)16-11(9)18-8/h7H,3-6H2,1-2H3,(H,14,15,16). The van der Waals surface area contributed by atoms with Crippen molar-refractivity contribution in [3.05, 3.63) is 16.2 Å². The van der Waals surface area contributed by atoms with Gasteiger partial charge in [0.2, 0.25) is 5.28 Å². The maximum atomic E-state index is 5.94. The number of thiophene rings is 1. The van der Waals surface area contributed by atoms with E-state index in [1.165, 1.54) is 4.88 Å². The van der Waals surface area contributed by atoms with Crippen LogP contribution in [0.1, 0.15) is 18.2 Å². The average Bonchev–Trinajstić information content (AvgIpc) is 2.77. The van der Waals surface area contributed by atoms with E-state index in [1.54, 1.807) is 18.4 Å². The number of methoxy groups -OCH3 is 1. The van der Waals surface area contributed by atoms with Gasteiger partial charge in [0.1, 0.15) is 10.6 Å². The van der Waals surface area contributed by atoms with Gasteiger partial charge in [-0.2, -0.15) is 0 Å². The van der Waals surface area contributed by atoms with Crippen molar-refractivity contribution in [2.45, 2.75) is 19.8 Å². The average molecular weight is 286 g/mol. The molecule has 0 bridgehead atoms. The van der Waals surface area contributed by atoms with E-state index < -0.39 is 0 Å². The summed E-state index contributed by atoms with van der Waals surface area (Å²) in [5.41, 5.74) is 0. The molecule has 0 amide bonds. The molecule has 2 heterocycles. The molecule has 0 saturated carbocycles. The normalized spacial score (nSPS) is 11.1. The van der Waals surface area contributed by atoms with Gasteiger partial charge in [0.05, 0.1) is 5.39 Å². The lowest BCUT2D eigenvalue weighted by Crippen LogP contribution is -2.06. The van der Waals surface area contributed by atoms with E-state index in [2.05, 4.69) is 28.3 Å². The van der Waals surface area contributed by atoms with Crippen LogP contribution in [0.4, 0.5) is 5.82 Å². The third-order valence-corrected chi connectivity index (χ3v) is 3.92. The topological polar surface area (TPSA) is 47.0 Å². The summed E-state index contributed by atoms with van der Waals surface area (Å²) in [7, 11) is 1.70. The van der Waals surface area contributed by atoms with Crippen LogP contribution in [-0.4, -0.2) is 30.2 Å². The molecule has 2 rings (SSSR count). The zero-order valence-electron chi connectivity index (χ0n) is 10.5. The molecule has 0 aliphatic carbocycles. The van der Waals surface area contributed by atoms with Crippen LogP contribution < -0.4 is 5.32 Å². The van der Waals surface area contributed by atoms with E-state index in [0.29, 0.717) is 5.28 Å². The fraction of sp³-hybridized carbons (Fsp3) is 0.500. The number of fused-ring (bicyclic) bond motifs is 1. The minimum Gasteiger partial charge on any atom is -0.385 e. The fourth-order valence-electron chi connectivity index (χ4n) is 1.68. The van der Waals surface area contributed by atoms with Gasteiger partial charge in [-0.05, 0) is 30.5 Å². The largest absolute Gasteiger partial charge is 0.385 e. The fourth-order valence-corrected chi connectivity index (χ4v) is 2.86. The lowest BCUT2D eigenvalue weighted by molar-refractivity contribution is 0.198. The molecule has 0 atom stereocenters. The molecular weight excluding hydrogens is 270 g/mol. The summed E-state index contributed by atoms with van der Waals surface area (Å²) < 4.78 is 5.02. The molecule has 0 saturated heterocycles. The van der Waals surface area contributed by atoms with E-state index in [1.807, 2.05) is 0 Å². The second-order valence-corrected chi connectivity index (χ2v) is 5.35. The van der Waals surface area contributed by atoms with E-state index in [4.69, 9.17) is 16.3 Å². The molecular formula is C12H16ClN3OS. The molecule has 0 fully saturated rings. The Kier molecular flexibility index (Phi) is 4.74. The summed E-state index contributed by atoms with van der Waals surface area (Å²) in [6, 6.07) is 2.13. The molecule has 0 aliphatic heterocycles. The highest BCUT2D eigenvalue weighted by Crippen LogP contribution is 2.30. The summed E-state index contributed by atoms with van der Waals surface area (Å²) in [6.07, 6.45) is 1.94. The van der Waals surface area contributed by atoms with Gasteiger partial charge in [-0.3, -0.25) is 0 Å². The van der Waals surface area contributed by atoms with Gasteiger partial charge < -0.3 is 10.1 Å². The smallest absolute Gasteiger partial charge is 0.225 e. The lowest BCUT2D eigenvalue weighted by Gasteiger charge is -2.06. The predicted molar refractivity (Wildman–Crippen MR) is 76.8 cm³/mol. The van der Waals surface area contributed by atoms with Crippen LogP contribution >= 0.6 is 22.9 Å². The molecule has 6 heteroatoms. The first-order valence-corrected chi connectivity index (χ1v) is 7.12. The van der Waals surface area contributed by atoms with Crippen molar-refractivity contribution >= 4 is 39.0 Å². The molecule has 4 nitrogen and oxygen atoms in total. The van der Waals surface area contributed by atoms with Crippen molar-refractivity contribution < 1.29 is 4.74 Å². The van der Waals surface area contributed by atoms with Crippen LogP contribution in [0, 0.1) is 0 Å². The Morgan fingerprint density at radius 1 is 1.44 bits per heavy atom.